The maximum atomic E-state index is 4.52. The van der Waals surface area contributed by atoms with Gasteiger partial charge in [0.25, 0.3) is 5.95 Å². The molecule has 0 radical (unpaired) electrons. The Morgan fingerprint density at radius 2 is 1.81 bits per heavy atom. The van der Waals surface area contributed by atoms with Crippen molar-refractivity contribution in [3.05, 3.63) is 41.7 Å². The summed E-state index contributed by atoms with van der Waals surface area (Å²) in [5, 5.41) is 22.2. The van der Waals surface area contributed by atoms with Gasteiger partial charge in [0.15, 0.2) is 17.2 Å². The van der Waals surface area contributed by atoms with Crippen LogP contribution < -0.4 is 0 Å². The fourth-order valence-corrected chi connectivity index (χ4v) is 2.76. The van der Waals surface area contributed by atoms with Crippen molar-refractivity contribution in [2.24, 2.45) is 10.2 Å². The summed E-state index contributed by atoms with van der Waals surface area (Å²) in [4.78, 5) is 8.45. The van der Waals surface area contributed by atoms with E-state index in [4.69, 9.17) is 0 Å². The van der Waals surface area contributed by atoms with Gasteiger partial charge in [0.2, 0.25) is 0 Å². The molecule has 4 rings (SSSR count). The third kappa shape index (κ3) is 2.46. The SMILES string of the molecule is CCn1nc(C)n2nc(C)c(N=Nc3c(C)cnn3-c3ncccn3)c12. The molecule has 0 saturated heterocycles. The molecule has 0 aliphatic heterocycles. The van der Waals surface area contributed by atoms with Crippen LogP contribution in [-0.4, -0.2) is 39.1 Å². The summed E-state index contributed by atoms with van der Waals surface area (Å²) in [6, 6.07) is 1.75. The van der Waals surface area contributed by atoms with Gasteiger partial charge in [-0.3, -0.25) is 0 Å². The maximum Gasteiger partial charge on any atom is 0.252 e. The Morgan fingerprint density at radius 3 is 2.54 bits per heavy atom. The first-order valence-corrected chi connectivity index (χ1v) is 8.26. The third-order valence-corrected chi connectivity index (χ3v) is 4.03. The van der Waals surface area contributed by atoms with E-state index in [9.17, 15) is 0 Å². The highest BCUT2D eigenvalue weighted by molar-refractivity contribution is 5.67. The summed E-state index contributed by atoms with van der Waals surface area (Å²) < 4.78 is 5.23. The molecule has 0 spiro atoms. The molecular weight excluding hydrogens is 332 g/mol. The van der Waals surface area contributed by atoms with E-state index in [-0.39, 0.29) is 0 Å². The van der Waals surface area contributed by atoms with Crippen LogP contribution >= 0.6 is 0 Å². The van der Waals surface area contributed by atoms with E-state index < -0.39 is 0 Å². The Kier molecular flexibility index (Phi) is 3.79. The van der Waals surface area contributed by atoms with Crippen molar-refractivity contribution in [2.75, 3.05) is 0 Å². The second-order valence-corrected chi connectivity index (χ2v) is 5.84. The second kappa shape index (κ2) is 6.14. The number of hydrogen-bond acceptors (Lipinski definition) is 7. The average Bonchev–Trinajstić information content (AvgIpc) is 3.28. The van der Waals surface area contributed by atoms with Crippen LogP contribution in [0.15, 0.2) is 34.9 Å². The van der Waals surface area contributed by atoms with E-state index in [2.05, 4.69) is 35.5 Å². The first kappa shape index (κ1) is 16.1. The molecule has 0 aromatic carbocycles. The van der Waals surface area contributed by atoms with Crippen LogP contribution in [0.1, 0.15) is 24.0 Å². The monoisotopic (exact) mass is 350 g/mol. The lowest BCUT2D eigenvalue weighted by Gasteiger charge is -2.01. The predicted octanol–water partition coefficient (Wildman–Crippen LogP) is 2.87. The largest absolute Gasteiger partial charge is 0.252 e. The van der Waals surface area contributed by atoms with E-state index in [1.807, 2.05) is 32.4 Å². The first-order chi connectivity index (χ1) is 12.6. The van der Waals surface area contributed by atoms with Crippen LogP contribution in [0.2, 0.25) is 0 Å². The number of rotatable bonds is 4. The standard InChI is InChI=1S/C16H18N10/c1-5-24-15-13(11(3)22-25(15)12(4)23-24)20-21-14-10(2)9-19-26(14)16-17-7-6-8-18-16/h6-9H,5H2,1-4H3. The molecule has 0 N–H and O–H groups in total. The van der Waals surface area contributed by atoms with Gasteiger partial charge in [-0.1, -0.05) is 0 Å². The van der Waals surface area contributed by atoms with Crippen molar-refractivity contribution in [1.29, 1.82) is 0 Å². The normalized spacial score (nSPS) is 11.8. The lowest BCUT2D eigenvalue weighted by Crippen LogP contribution is -2.01. The molecule has 0 fully saturated rings. The van der Waals surface area contributed by atoms with Gasteiger partial charge in [0, 0.05) is 24.5 Å². The van der Waals surface area contributed by atoms with Gasteiger partial charge >= 0.3 is 0 Å². The lowest BCUT2D eigenvalue weighted by atomic mass is 10.4. The van der Waals surface area contributed by atoms with Crippen LogP contribution in [-0.2, 0) is 6.54 Å². The maximum absolute atomic E-state index is 4.52. The number of aromatic nitrogens is 8. The Bertz CT molecular complexity index is 1100. The molecule has 0 aliphatic rings. The average molecular weight is 350 g/mol. The summed E-state index contributed by atoms with van der Waals surface area (Å²) in [6.45, 7) is 8.49. The summed E-state index contributed by atoms with van der Waals surface area (Å²) in [7, 11) is 0. The molecule has 0 atom stereocenters. The first-order valence-electron chi connectivity index (χ1n) is 8.26. The van der Waals surface area contributed by atoms with Gasteiger partial charge in [-0.25, -0.2) is 14.6 Å². The highest BCUT2D eigenvalue weighted by Gasteiger charge is 2.17. The molecule has 0 bridgehead atoms. The Morgan fingerprint density at radius 1 is 1.04 bits per heavy atom. The topological polar surface area (TPSA) is 103 Å². The van der Waals surface area contributed by atoms with Crippen molar-refractivity contribution in [3.63, 3.8) is 0 Å². The van der Waals surface area contributed by atoms with Gasteiger partial charge in [-0.2, -0.15) is 24.5 Å². The molecule has 4 heterocycles. The van der Waals surface area contributed by atoms with Crippen LogP contribution in [0.25, 0.3) is 11.6 Å². The van der Waals surface area contributed by atoms with E-state index >= 15 is 0 Å². The minimum atomic E-state index is 0.445. The van der Waals surface area contributed by atoms with Crippen molar-refractivity contribution in [2.45, 2.75) is 34.2 Å². The Balaban J connectivity index is 1.82. The summed E-state index contributed by atoms with van der Waals surface area (Å²) >= 11 is 0. The quantitative estimate of drug-likeness (QED) is 0.526. The van der Waals surface area contributed by atoms with Gasteiger partial charge in [-0.15, -0.1) is 10.2 Å². The molecule has 26 heavy (non-hydrogen) atoms. The van der Waals surface area contributed by atoms with Crippen molar-refractivity contribution in [3.8, 4) is 5.95 Å². The fourth-order valence-electron chi connectivity index (χ4n) is 2.76. The zero-order chi connectivity index (χ0) is 18.3. The zero-order valence-corrected chi connectivity index (χ0v) is 15.0. The van der Waals surface area contributed by atoms with E-state index in [0.29, 0.717) is 17.5 Å². The predicted molar refractivity (Wildman–Crippen MR) is 94.2 cm³/mol. The minimum Gasteiger partial charge on any atom is -0.244 e. The Labute approximate surface area is 149 Å². The van der Waals surface area contributed by atoms with Crippen molar-refractivity contribution in [1.82, 2.24) is 39.1 Å². The zero-order valence-electron chi connectivity index (χ0n) is 15.0. The number of hydrogen-bond donors (Lipinski definition) is 0. The molecule has 4 aromatic rings. The molecule has 10 heteroatoms. The van der Waals surface area contributed by atoms with E-state index in [1.54, 1.807) is 33.9 Å². The molecule has 0 amide bonds. The number of fused-ring (bicyclic) bond motifs is 1. The molecule has 132 valence electrons. The molecular formula is C16H18N10. The van der Waals surface area contributed by atoms with Crippen molar-refractivity contribution < 1.29 is 0 Å². The Hall–Kier alpha value is -3.43. The van der Waals surface area contributed by atoms with E-state index in [0.717, 1.165) is 29.3 Å². The molecule has 10 nitrogen and oxygen atoms in total. The van der Waals surface area contributed by atoms with Crippen LogP contribution in [0, 0.1) is 20.8 Å². The lowest BCUT2D eigenvalue weighted by molar-refractivity contribution is 0.676. The van der Waals surface area contributed by atoms with Crippen molar-refractivity contribution >= 4 is 17.2 Å². The van der Waals surface area contributed by atoms with Gasteiger partial charge < -0.3 is 0 Å². The molecule has 0 unspecified atom stereocenters. The summed E-state index contributed by atoms with van der Waals surface area (Å²) in [5.74, 6) is 1.83. The highest BCUT2D eigenvalue weighted by atomic mass is 15.5. The van der Waals surface area contributed by atoms with Gasteiger partial charge in [-0.05, 0) is 33.8 Å². The van der Waals surface area contributed by atoms with E-state index in [1.165, 1.54) is 0 Å². The number of aryl methyl sites for hydroxylation is 4. The van der Waals surface area contributed by atoms with Gasteiger partial charge in [0.05, 0.1) is 11.9 Å². The number of azo groups is 1. The smallest absolute Gasteiger partial charge is 0.244 e. The molecule has 4 aromatic heterocycles. The number of nitrogens with zero attached hydrogens (tertiary/aromatic N) is 10. The van der Waals surface area contributed by atoms with Gasteiger partial charge in [0.1, 0.15) is 5.82 Å². The fraction of sp³-hybridized carbons (Fsp3) is 0.312. The third-order valence-electron chi connectivity index (χ3n) is 4.03. The molecule has 0 saturated carbocycles. The minimum absolute atomic E-state index is 0.445. The molecule has 0 aliphatic carbocycles. The van der Waals surface area contributed by atoms with Crippen LogP contribution in [0.4, 0.5) is 11.5 Å². The van der Waals surface area contributed by atoms with Crippen LogP contribution in [0.5, 0.6) is 0 Å². The second-order valence-electron chi connectivity index (χ2n) is 5.84. The summed E-state index contributed by atoms with van der Waals surface area (Å²) in [5.41, 5.74) is 3.18. The highest BCUT2D eigenvalue weighted by Crippen LogP contribution is 2.29. The van der Waals surface area contributed by atoms with Crippen LogP contribution in [0.3, 0.4) is 0 Å². The summed E-state index contributed by atoms with van der Waals surface area (Å²) in [6.07, 6.45) is 5.04.